The van der Waals surface area contributed by atoms with Crippen molar-refractivity contribution < 1.29 is 31.1 Å². The molecule has 40 heavy (non-hydrogen) atoms. The first-order chi connectivity index (χ1) is 18.7. The number of halogens is 6. The molecule has 3 heterocycles. The fourth-order valence-corrected chi connectivity index (χ4v) is 5.27. The number of benzene rings is 2. The number of carbonyl (C=O) groups excluding carboxylic acids is 1. The summed E-state index contributed by atoms with van der Waals surface area (Å²) >= 11 is 0. The van der Waals surface area contributed by atoms with E-state index in [1.807, 2.05) is 31.2 Å². The number of rotatable bonds is 3. The lowest BCUT2D eigenvalue weighted by molar-refractivity contribution is -0.143. The predicted molar refractivity (Wildman–Crippen MR) is 139 cm³/mol. The lowest BCUT2D eigenvalue weighted by Gasteiger charge is -2.26. The first-order valence-electron chi connectivity index (χ1n) is 12.6. The van der Waals surface area contributed by atoms with Crippen LogP contribution in [0.2, 0.25) is 0 Å². The van der Waals surface area contributed by atoms with Gasteiger partial charge < -0.3 is 14.8 Å². The normalized spacial score (nSPS) is 17.2. The predicted octanol–water partition coefficient (Wildman–Crippen LogP) is 6.59. The Balaban J connectivity index is 1.68. The Hall–Kier alpha value is -4.02. The van der Waals surface area contributed by atoms with Crippen molar-refractivity contribution in [2.75, 3.05) is 18.4 Å². The van der Waals surface area contributed by atoms with Crippen molar-refractivity contribution in [2.45, 2.75) is 39.3 Å². The van der Waals surface area contributed by atoms with Crippen LogP contribution in [-0.4, -0.2) is 28.5 Å². The molecule has 1 amide bonds. The highest BCUT2D eigenvalue weighted by atomic mass is 19.4. The topological polar surface area (TPSA) is 54.3 Å². The number of alkyl halides is 6. The van der Waals surface area contributed by atoms with Gasteiger partial charge in [-0.15, -0.1) is 0 Å². The minimum atomic E-state index is -5.01. The highest BCUT2D eigenvalue weighted by Gasteiger charge is 2.38. The lowest BCUT2D eigenvalue weighted by atomic mass is 9.93. The van der Waals surface area contributed by atoms with E-state index in [0.717, 1.165) is 5.56 Å². The summed E-state index contributed by atoms with van der Waals surface area (Å²) in [5.74, 6) is -0.969. The molecule has 0 saturated heterocycles. The molecule has 0 radical (unpaired) electrons. The fourth-order valence-electron chi connectivity index (χ4n) is 5.27. The van der Waals surface area contributed by atoms with E-state index < -0.39 is 41.5 Å². The lowest BCUT2D eigenvalue weighted by Crippen LogP contribution is -2.35. The van der Waals surface area contributed by atoms with Gasteiger partial charge in [-0.1, -0.05) is 48.9 Å². The highest BCUT2D eigenvalue weighted by Crippen LogP contribution is 2.38. The molecule has 0 bridgehead atoms. The van der Waals surface area contributed by atoms with Gasteiger partial charge in [0.2, 0.25) is 0 Å². The molecule has 2 aliphatic heterocycles. The Kier molecular flexibility index (Phi) is 6.79. The first kappa shape index (κ1) is 27.5. The van der Waals surface area contributed by atoms with Gasteiger partial charge in [-0.2, -0.15) is 26.3 Å². The molecule has 0 aliphatic carbocycles. The second kappa shape index (κ2) is 9.87. The summed E-state index contributed by atoms with van der Waals surface area (Å²) < 4.78 is 82.3. The quantitative estimate of drug-likeness (QED) is 0.367. The Morgan fingerprint density at radius 2 is 1.55 bits per heavy atom. The fraction of sp³-hybridized carbons (Fsp3) is 0.310. The summed E-state index contributed by atoms with van der Waals surface area (Å²) in [6, 6.07) is 8.66. The summed E-state index contributed by atoms with van der Waals surface area (Å²) in [5, 5.41) is 3.09. The number of fused-ring (bicyclic) bond motifs is 2. The average Bonchev–Trinajstić information content (AvgIpc) is 3.00. The van der Waals surface area contributed by atoms with Gasteiger partial charge in [0.25, 0.3) is 11.5 Å². The summed E-state index contributed by atoms with van der Waals surface area (Å²) in [6.07, 6.45) is -6.47. The second-order valence-electron chi connectivity index (χ2n) is 10.3. The van der Waals surface area contributed by atoms with Crippen LogP contribution in [-0.2, 0) is 25.4 Å². The third-order valence-corrected chi connectivity index (χ3v) is 7.06. The van der Waals surface area contributed by atoms with Crippen LogP contribution in [0.15, 0.2) is 53.3 Å². The van der Waals surface area contributed by atoms with Crippen LogP contribution < -0.4 is 10.9 Å². The summed E-state index contributed by atoms with van der Waals surface area (Å²) in [7, 11) is 0. The molecule has 1 aromatic heterocycles. The SMILES string of the molecule is Cc1ccc(-c2c3c(c(=O)n4c2C(=O)N(Cc2cc(C(F)(F)F)cc(C(F)(F)F)c2)C[C@@H](C)C4)NCC=C3)cc1. The van der Waals surface area contributed by atoms with E-state index in [2.05, 4.69) is 5.32 Å². The number of aryl methyl sites for hydroxylation is 1. The molecule has 0 saturated carbocycles. The van der Waals surface area contributed by atoms with E-state index in [0.29, 0.717) is 41.1 Å². The molecular weight excluding hydrogens is 536 g/mol. The molecule has 1 N–H and O–H groups in total. The van der Waals surface area contributed by atoms with Crippen LogP contribution in [0.5, 0.6) is 0 Å². The number of pyridine rings is 1. The maximum Gasteiger partial charge on any atom is 0.416 e. The van der Waals surface area contributed by atoms with Crippen LogP contribution in [0.4, 0.5) is 32.0 Å². The van der Waals surface area contributed by atoms with E-state index in [1.54, 1.807) is 19.1 Å². The van der Waals surface area contributed by atoms with Crippen molar-refractivity contribution >= 4 is 17.7 Å². The number of nitrogens with one attached hydrogen (secondary N) is 1. The smallest absolute Gasteiger partial charge is 0.377 e. The third-order valence-electron chi connectivity index (χ3n) is 7.06. The number of carbonyl (C=O) groups is 1. The largest absolute Gasteiger partial charge is 0.416 e. The molecule has 5 nitrogen and oxygen atoms in total. The molecule has 210 valence electrons. The molecule has 2 aliphatic rings. The monoisotopic (exact) mass is 561 g/mol. The van der Waals surface area contributed by atoms with Crippen LogP contribution >= 0.6 is 0 Å². The third kappa shape index (κ3) is 5.12. The van der Waals surface area contributed by atoms with E-state index in [1.165, 1.54) is 9.47 Å². The molecule has 1 atom stereocenters. The van der Waals surface area contributed by atoms with Crippen molar-refractivity contribution in [3.63, 3.8) is 0 Å². The van der Waals surface area contributed by atoms with Gasteiger partial charge in [-0.25, -0.2) is 0 Å². The molecule has 0 unspecified atom stereocenters. The van der Waals surface area contributed by atoms with Crippen molar-refractivity contribution in [3.8, 4) is 11.1 Å². The van der Waals surface area contributed by atoms with Gasteiger partial charge >= 0.3 is 12.4 Å². The number of aromatic nitrogens is 1. The Labute approximate surface area is 225 Å². The van der Waals surface area contributed by atoms with Gasteiger partial charge in [-0.3, -0.25) is 9.59 Å². The number of hydrogen-bond donors (Lipinski definition) is 1. The van der Waals surface area contributed by atoms with Crippen molar-refractivity contribution in [1.29, 1.82) is 0 Å². The summed E-state index contributed by atoms with van der Waals surface area (Å²) in [5.41, 5.74) is -0.631. The summed E-state index contributed by atoms with van der Waals surface area (Å²) in [4.78, 5) is 28.9. The Morgan fingerprint density at radius 3 is 2.15 bits per heavy atom. The van der Waals surface area contributed by atoms with Crippen LogP contribution in [0.1, 0.15) is 45.2 Å². The molecule has 2 aromatic carbocycles. The molecule has 0 spiro atoms. The van der Waals surface area contributed by atoms with Gasteiger partial charge in [-0.05, 0) is 42.2 Å². The van der Waals surface area contributed by atoms with Gasteiger partial charge in [0.1, 0.15) is 11.4 Å². The van der Waals surface area contributed by atoms with E-state index in [-0.39, 0.29) is 36.3 Å². The average molecular weight is 562 g/mol. The molecule has 11 heteroatoms. The number of hydrogen-bond acceptors (Lipinski definition) is 3. The molecular formula is C29H25F6N3O2. The second-order valence-corrected chi connectivity index (χ2v) is 10.3. The Bertz CT molecular complexity index is 1540. The van der Waals surface area contributed by atoms with Gasteiger partial charge in [0.15, 0.2) is 0 Å². The minimum absolute atomic E-state index is 0.0266. The highest BCUT2D eigenvalue weighted by molar-refractivity contribution is 6.03. The summed E-state index contributed by atoms with van der Waals surface area (Å²) in [6.45, 7) is 3.76. The molecule has 3 aromatic rings. The van der Waals surface area contributed by atoms with E-state index >= 15 is 0 Å². The van der Waals surface area contributed by atoms with E-state index in [4.69, 9.17) is 0 Å². The zero-order valence-electron chi connectivity index (χ0n) is 21.6. The van der Waals surface area contributed by atoms with Crippen molar-refractivity contribution in [3.05, 3.63) is 92.4 Å². The van der Waals surface area contributed by atoms with Crippen molar-refractivity contribution in [2.24, 2.45) is 5.92 Å². The molecule has 5 rings (SSSR count). The van der Waals surface area contributed by atoms with Crippen LogP contribution in [0, 0.1) is 12.8 Å². The van der Waals surface area contributed by atoms with Crippen LogP contribution in [0.3, 0.4) is 0 Å². The van der Waals surface area contributed by atoms with E-state index in [9.17, 15) is 35.9 Å². The maximum absolute atomic E-state index is 14.1. The zero-order valence-corrected chi connectivity index (χ0v) is 21.6. The van der Waals surface area contributed by atoms with Crippen LogP contribution in [0.25, 0.3) is 17.2 Å². The maximum atomic E-state index is 14.1. The first-order valence-corrected chi connectivity index (χ1v) is 12.6. The number of anilines is 1. The number of amides is 1. The van der Waals surface area contributed by atoms with Crippen molar-refractivity contribution in [1.82, 2.24) is 9.47 Å². The molecule has 0 fully saturated rings. The van der Waals surface area contributed by atoms with Gasteiger partial charge in [0.05, 0.1) is 11.1 Å². The zero-order chi connectivity index (χ0) is 29.0. The minimum Gasteiger partial charge on any atom is -0.377 e. The Morgan fingerprint density at radius 1 is 0.925 bits per heavy atom. The van der Waals surface area contributed by atoms with Gasteiger partial charge in [0, 0.05) is 37.3 Å². The number of nitrogens with zero attached hydrogens (tertiary/aromatic N) is 2. The standard InChI is InChI=1S/C29H25F6N3O2/c1-16-5-7-19(8-6-16)23-22-4-3-9-36-24(22)26(39)38-14-17(2)13-37(27(40)25(23)38)15-18-10-20(28(30,31)32)12-21(11-18)29(33,34)35/h3-8,10-12,17,36H,9,13-15H2,1-2H3/t17-/m1/s1.